The molecule has 1 aliphatic heterocycles. The van der Waals surface area contributed by atoms with E-state index in [4.69, 9.17) is 0 Å². The fourth-order valence-corrected chi connectivity index (χ4v) is 4.22. The van der Waals surface area contributed by atoms with Crippen LogP contribution in [-0.2, 0) is 11.3 Å². The lowest BCUT2D eigenvalue weighted by Crippen LogP contribution is -2.31. The molecule has 0 aliphatic carbocycles. The summed E-state index contributed by atoms with van der Waals surface area (Å²) in [4.78, 5) is 16.6. The first-order valence-corrected chi connectivity index (χ1v) is 11.0. The maximum Gasteiger partial charge on any atom is 0.242 e. The van der Waals surface area contributed by atoms with Crippen molar-refractivity contribution >= 4 is 34.7 Å². The molecular formula is C23H27FN4OS. The zero-order chi connectivity index (χ0) is 21.5. The molecular weight excluding hydrogens is 399 g/mol. The quantitative estimate of drug-likeness (QED) is 0.445. The second-order valence-electron chi connectivity index (χ2n) is 7.41. The van der Waals surface area contributed by atoms with Crippen LogP contribution in [0.5, 0.6) is 0 Å². The van der Waals surface area contributed by atoms with E-state index in [0.29, 0.717) is 11.7 Å². The van der Waals surface area contributed by atoms with E-state index in [1.807, 2.05) is 43.3 Å². The van der Waals surface area contributed by atoms with E-state index in [0.717, 1.165) is 36.1 Å². The van der Waals surface area contributed by atoms with Gasteiger partial charge in [0.05, 0.1) is 18.0 Å². The van der Waals surface area contributed by atoms with Crippen LogP contribution >= 0.6 is 11.8 Å². The largest absolute Gasteiger partial charge is 0.378 e. The van der Waals surface area contributed by atoms with Crippen LogP contribution in [0.15, 0.2) is 58.7 Å². The molecule has 2 aromatic carbocycles. The molecule has 0 N–H and O–H groups in total. The number of hydrogen-bond acceptors (Lipinski definition) is 5. The molecule has 0 radical (unpaired) electrons. The number of hydrogen-bond donors (Lipinski definition) is 0. The predicted molar refractivity (Wildman–Crippen MR) is 124 cm³/mol. The Morgan fingerprint density at radius 2 is 1.83 bits per heavy atom. The molecule has 1 fully saturated rings. The highest BCUT2D eigenvalue weighted by Crippen LogP contribution is 2.32. The second-order valence-corrected chi connectivity index (χ2v) is 8.58. The summed E-state index contributed by atoms with van der Waals surface area (Å²) >= 11 is 1.46. The number of halogens is 1. The van der Waals surface area contributed by atoms with Crippen LogP contribution in [-0.4, -0.2) is 41.5 Å². The van der Waals surface area contributed by atoms with Crippen molar-refractivity contribution in [3.63, 3.8) is 0 Å². The molecule has 1 aliphatic rings. The molecule has 7 heteroatoms. The van der Waals surface area contributed by atoms with Crippen molar-refractivity contribution in [1.82, 2.24) is 4.90 Å². The van der Waals surface area contributed by atoms with Crippen LogP contribution < -0.4 is 4.90 Å². The van der Waals surface area contributed by atoms with Crippen LogP contribution in [0.4, 0.5) is 10.1 Å². The van der Waals surface area contributed by atoms with Crippen molar-refractivity contribution in [2.45, 2.75) is 38.0 Å². The molecule has 0 spiro atoms. The van der Waals surface area contributed by atoms with Gasteiger partial charge in [0.2, 0.25) is 5.91 Å². The highest BCUT2D eigenvalue weighted by atomic mass is 32.2. The van der Waals surface area contributed by atoms with E-state index in [2.05, 4.69) is 17.1 Å². The Morgan fingerprint density at radius 3 is 2.47 bits per heavy atom. The number of rotatable bonds is 8. The highest BCUT2D eigenvalue weighted by molar-refractivity contribution is 8.15. The number of anilines is 1. The molecule has 2 aromatic rings. The smallest absolute Gasteiger partial charge is 0.242 e. The normalized spacial score (nSPS) is 18.0. The van der Waals surface area contributed by atoms with E-state index >= 15 is 0 Å². The molecule has 158 valence electrons. The lowest BCUT2D eigenvalue weighted by atomic mass is 10.1. The molecule has 0 bridgehead atoms. The number of nitrogens with zero attached hydrogens (tertiary/aromatic N) is 4. The molecule has 3 rings (SSSR count). The monoisotopic (exact) mass is 426 g/mol. The van der Waals surface area contributed by atoms with Gasteiger partial charge in [-0.05, 0) is 41.8 Å². The van der Waals surface area contributed by atoms with Gasteiger partial charge in [-0.25, -0.2) is 4.39 Å². The average Bonchev–Trinajstić information content (AvgIpc) is 3.03. The Hall–Kier alpha value is -2.67. The van der Waals surface area contributed by atoms with Gasteiger partial charge in [0.25, 0.3) is 0 Å². The molecule has 5 nitrogen and oxygen atoms in total. The molecule has 1 unspecified atom stereocenters. The van der Waals surface area contributed by atoms with Crippen LogP contribution in [0, 0.1) is 5.82 Å². The molecule has 0 saturated carbocycles. The minimum atomic E-state index is -0.291. The minimum absolute atomic E-state index is 0.0436. The number of amides is 1. The number of amidine groups is 1. The summed E-state index contributed by atoms with van der Waals surface area (Å²) in [6.07, 6.45) is 4.53. The average molecular weight is 427 g/mol. The molecule has 1 saturated heterocycles. The molecule has 1 atom stereocenters. The third kappa shape index (κ3) is 5.69. The Balaban J connectivity index is 1.77. The maximum atomic E-state index is 13.2. The van der Waals surface area contributed by atoms with Gasteiger partial charge in [0.15, 0.2) is 5.17 Å². The van der Waals surface area contributed by atoms with Crippen LogP contribution in [0.3, 0.4) is 0 Å². The summed E-state index contributed by atoms with van der Waals surface area (Å²) in [5, 5.41) is 9.03. The Kier molecular flexibility index (Phi) is 7.63. The first kappa shape index (κ1) is 22.0. The van der Waals surface area contributed by atoms with Crippen molar-refractivity contribution in [2.24, 2.45) is 10.2 Å². The number of carbonyl (C=O) groups excluding carboxylic acids is 1. The molecule has 1 amide bonds. The van der Waals surface area contributed by atoms with Gasteiger partial charge in [0, 0.05) is 19.8 Å². The van der Waals surface area contributed by atoms with E-state index < -0.39 is 0 Å². The minimum Gasteiger partial charge on any atom is -0.378 e. The van der Waals surface area contributed by atoms with E-state index in [-0.39, 0.29) is 17.0 Å². The summed E-state index contributed by atoms with van der Waals surface area (Å²) in [5.41, 5.74) is 2.91. The number of unbranched alkanes of at least 4 members (excludes halogenated alkanes) is 1. The number of thioether (sulfide) groups is 1. The van der Waals surface area contributed by atoms with Gasteiger partial charge in [-0.15, -0.1) is 5.10 Å². The summed E-state index contributed by atoms with van der Waals surface area (Å²) in [5.74, 6) is -0.248. The fraction of sp³-hybridized carbons (Fsp3) is 0.348. The lowest BCUT2D eigenvalue weighted by Gasteiger charge is -2.16. The highest BCUT2D eigenvalue weighted by Gasteiger charge is 2.37. The number of benzene rings is 2. The van der Waals surface area contributed by atoms with E-state index in [1.165, 1.54) is 23.9 Å². The van der Waals surface area contributed by atoms with Crippen molar-refractivity contribution in [1.29, 1.82) is 0 Å². The first-order chi connectivity index (χ1) is 14.5. The fourth-order valence-electron chi connectivity index (χ4n) is 3.08. The van der Waals surface area contributed by atoms with E-state index in [9.17, 15) is 9.18 Å². The van der Waals surface area contributed by atoms with Gasteiger partial charge >= 0.3 is 0 Å². The lowest BCUT2D eigenvalue weighted by molar-refractivity contribution is -0.126. The Bertz CT molecular complexity index is 910. The predicted octanol–water partition coefficient (Wildman–Crippen LogP) is 4.92. The van der Waals surface area contributed by atoms with Crippen LogP contribution in [0.2, 0.25) is 0 Å². The van der Waals surface area contributed by atoms with Crippen molar-refractivity contribution in [2.75, 3.05) is 19.0 Å². The van der Waals surface area contributed by atoms with Gasteiger partial charge in [-0.1, -0.05) is 55.8 Å². The standard InChI is InChI=1S/C23H27FN4OS/c1-4-5-6-21-22(29)28(16-18-7-11-19(24)12-8-18)23(30-21)26-25-15-17-9-13-20(14-10-17)27(2)3/h7-15,21H,4-6,16H2,1-3H3/b25-15+,26-23-. The summed E-state index contributed by atoms with van der Waals surface area (Å²) < 4.78 is 13.2. The topological polar surface area (TPSA) is 48.3 Å². The molecule has 0 aromatic heterocycles. The zero-order valence-corrected chi connectivity index (χ0v) is 18.4. The first-order valence-electron chi connectivity index (χ1n) is 10.1. The van der Waals surface area contributed by atoms with Crippen molar-refractivity contribution in [3.8, 4) is 0 Å². The van der Waals surface area contributed by atoms with Gasteiger partial charge in [-0.2, -0.15) is 5.10 Å². The van der Waals surface area contributed by atoms with Gasteiger partial charge in [0.1, 0.15) is 5.82 Å². The Morgan fingerprint density at radius 1 is 1.13 bits per heavy atom. The Labute approximate surface area is 181 Å². The van der Waals surface area contributed by atoms with Crippen LogP contribution in [0.1, 0.15) is 37.3 Å². The molecule has 1 heterocycles. The summed E-state index contributed by atoms with van der Waals surface area (Å²) in [6.45, 7) is 2.47. The second kappa shape index (κ2) is 10.4. The van der Waals surface area contributed by atoms with Gasteiger partial charge in [-0.3, -0.25) is 9.69 Å². The van der Waals surface area contributed by atoms with Crippen LogP contribution in [0.25, 0.3) is 0 Å². The zero-order valence-electron chi connectivity index (χ0n) is 17.6. The summed E-state index contributed by atoms with van der Waals surface area (Å²) in [6, 6.07) is 14.2. The summed E-state index contributed by atoms with van der Waals surface area (Å²) in [7, 11) is 3.99. The van der Waals surface area contributed by atoms with Crippen molar-refractivity contribution in [3.05, 3.63) is 65.5 Å². The molecule has 30 heavy (non-hydrogen) atoms. The van der Waals surface area contributed by atoms with Crippen molar-refractivity contribution < 1.29 is 9.18 Å². The van der Waals surface area contributed by atoms with E-state index in [1.54, 1.807) is 23.2 Å². The third-order valence-electron chi connectivity index (χ3n) is 4.85. The maximum absolute atomic E-state index is 13.2. The number of carbonyl (C=O) groups is 1. The SMILES string of the molecule is CCCCC1S/C(=N\N=C\c2ccc(N(C)C)cc2)N(Cc2ccc(F)cc2)C1=O. The van der Waals surface area contributed by atoms with Gasteiger partial charge < -0.3 is 4.90 Å². The third-order valence-corrected chi connectivity index (χ3v) is 6.09.